The fourth-order valence-electron chi connectivity index (χ4n) is 2.22. The van der Waals surface area contributed by atoms with Gasteiger partial charge in [-0.05, 0) is 55.7 Å². The molecule has 0 aliphatic heterocycles. The number of ether oxygens (including phenoxy) is 2. The van der Waals surface area contributed by atoms with E-state index >= 15 is 0 Å². The van der Waals surface area contributed by atoms with Crippen molar-refractivity contribution in [3.8, 4) is 11.5 Å². The van der Waals surface area contributed by atoms with Crippen molar-refractivity contribution < 1.29 is 14.3 Å². The molecule has 25 heavy (non-hydrogen) atoms. The lowest BCUT2D eigenvalue weighted by Gasteiger charge is -2.25. The summed E-state index contributed by atoms with van der Waals surface area (Å²) in [5, 5.41) is 0. The molecular weight excluding hydrogens is 312 g/mol. The van der Waals surface area contributed by atoms with Gasteiger partial charge in [-0.2, -0.15) is 0 Å². The van der Waals surface area contributed by atoms with Crippen molar-refractivity contribution in [3.63, 3.8) is 0 Å². The third-order valence-electron chi connectivity index (χ3n) is 4.02. The number of esters is 1. The number of benzene rings is 2. The van der Waals surface area contributed by atoms with Gasteiger partial charge < -0.3 is 9.47 Å². The van der Waals surface area contributed by atoms with Crippen LogP contribution >= 0.6 is 0 Å². The molecule has 0 amide bonds. The fraction of sp³-hybridized carbons (Fsp3) is 0.227. The minimum Gasteiger partial charge on any atom is -0.488 e. The molecule has 0 fully saturated rings. The van der Waals surface area contributed by atoms with E-state index in [1.807, 2.05) is 26.0 Å². The molecule has 0 aromatic heterocycles. The van der Waals surface area contributed by atoms with Crippen LogP contribution < -0.4 is 9.47 Å². The lowest BCUT2D eigenvalue weighted by molar-refractivity contribution is 0.0732. The van der Waals surface area contributed by atoms with Crippen molar-refractivity contribution in [1.82, 2.24) is 0 Å². The molecule has 0 aliphatic carbocycles. The van der Waals surface area contributed by atoms with E-state index in [0.717, 1.165) is 17.5 Å². The van der Waals surface area contributed by atoms with Crippen molar-refractivity contribution in [2.45, 2.75) is 32.8 Å². The topological polar surface area (TPSA) is 35.5 Å². The Morgan fingerprint density at radius 1 is 1.04 bits per heavy atom. The van der Waals surface area contributed by atoms with E-state index in [-0.39, 0.29) is 5.60 Å². The Morgan fingerprint density at radius 2 is 1.72 bits per heavy atom. The van der Waals surface area contributed by atoms with Gasteiger partial charge in [-0.3, -0.25) is 0 Å². The van der Waals surface area contributed by atoms with Crippen molar-refractivity contribution in [3.05, 3.63) is 72.3 Å². The Bertz CT molecular complexity index is 788. The number of carbonyl (C=O) groups is 1. The molecule has 0 heterocycles. The lowest BCUT2D eigenvalue weighted by Crippen LogP contribution is -2.26. The van der Waals surface area contributed by atoms with Gasteiger partial charge in [0.15, 0.2) is 0 Å². The highest BCUT2D eigenvalue weighted by Crippen LogP contribution is 2.25. The average molecular weight is 336 g/mol. The van der Waals surface area contributed by atoms with Crippen LogP contribution in [-0.4, -0.2) is 11.6 Å². The van der Waals surface area contributed by atoms with Crippen LogP contribution in [0.25, 0.3) is 12.2 Å². The normalized spacial score (nSPS) is 10.8. The zero-order chi connectivity index (χ0) is 18.4. The van der Waals surface area contributed by atoms with Gasteiger partial charge in [-0.15, -0.1) is 0 Å². The molecule has 3 nitrogen and oxygen atoms in total. The molecule has 0 saturated heterocycles. The summed E-state index contributed by atoms with van der Waals surface area (Å²) in [6, 6.07) is 12.4. The van der Waals surface area contributed by atoms with Crippen molar-refractivity contribution in [1.29, 1.82) is 0 Å². The maximum atomic E-state index is 12.4. The first-order valence-corrected chi connectivity index (χ1v) is 8.28. The molecule has 2 aromatic carbocycles. The van der Waals surface area contributed by atoms with E-state index in [1.54, 1.807) is 42.5 Å². The van der Waals surface area contributed by atoms with Crippen LogP contribution in [0.2, 0.25) is 0 Å². The predicted octanol–water partition coefficient (Wildman–Crippen LogP) is 5.76. The SMILES string of the molecule is C=Cc1ccc(C(=O)Oc2cccc(OC(C)(C)CC)c2)cc1C=C. The summed E-state index contributed by atoms with van der Waals surface area (Å²) in [5.41, 5.74) is 1.94. The van der Waals surface area contributed by atoms with Crippen molar-refractivity contribution in [2.75, 3.05) is 0 Å². The van der Waals surface area contributed by atoms with Crippen LogP contribution in [0.1, 0.15) is 48.7 Å². The van der Waals surface area contributed by atoms with Crippen LogP contribution in [-0.2, 0) is 0 Å². The average Bonchev–Trinajstić information content (AvgIpc) is 2.61. The van der Waals surface area contributed by atoms with Gasteiger partial charge in [-0.25, -0.2) is 4.79 Å². The quantitative estimate of drug-likeness (QED) is 0.476. The van der Waals surface area contributed by atoms with Crippen LogP contribution in [0.5, 0.6) is 11.5 Å². The first kappa shape index (κ1) is 18.5. The molecular formula is C22H24O3. The second-order valence-electron chi connectivity index (χ2n) is 6.33. The zero-order valence-electron chi connectivity index (χ0n) is 15.0. The summed E-state index contributed by atoms with van der Waals surface area (Å²) in [6.07, 6.45) is 4.29. The highest BCUT2D eigenvalue weighted by Gasteiger charge is 2.17. The number of carbonyl (C=O) groups excluding carboxylic acids is 1. The molecule has 0 N–H and O–H groups in total. The maximum absolute atomic E-state index is 12.4. The van der Waals surface area contributed by atoms with Gasteiger partial charge in [0.05, 0.1) is 5.56 Å². The van der Waals surface area contributed by atoms with Gasteiger partial charge in [-0.1, -0.05) is 44.4 Å². The highest BCUT2D eigenvalue weighted by atomic mass is 16.5. The van der Waals surface area contributed by atoms with Crippen LogP contribution in [0, 0.1) is 0 Å². The summed E-state index contributed by atoms with van der Waals surface area (Å²) < 4.78 is 11.4. The molecule has 0 aliphatic rings. The van der Waals surface area contributed by atoms with E-state index < -0.39 is 5.97 Å². The van der Waals surface area contributed by atoms with E-state index in [2.05, 4.69) is 20.1 Å². The third-order valence-corrected chi connectivity index (χ3v) is 4.02. The minimum absolute atomic E-state index is 0.276. The zero-order valence-corrected chi connectivity index (χ0v) is 15.0. The summed E-state index contributed by atoms with van der Waals surface area (Å²) in [5.74, 6) is 0.693. The smallest absolute Gasteiger partial charge is 0.343 e. The Morgan fingerprint density at radius 3 is 2.36 bits per heavy atom. The fourth-order valence-corrected chi connectivity index (χ4v) is 2.22. The summed E-state index contributed by atoms with van der Waals surface area (Å²) in [6.45, 7) is 13.6. The summed E-state index contributed by atoms with van der Waals surface area (Å²) in [7, 11) is 0. The first-order chi connectivity index (χ1) is 11.9. The molecule has 3 heteroatoms. The number of hydrogen-bond donors (Lipinski definition) is 0. The Kier molecular flexibility index (Phi) is 5.81. The second-order valence-corrected chi connectivity index (χ2v) is 6.33. The molecule has 2 aromatic rings. The van der Waals surface area contributed by atoms with Gasteiger partial charge >= 0.3 is 5.97 Å². The third kappa shape index (κ3) is 4.83. The van der Waals surface area contributed by atoms with Crippen LogP contribution in [0.3, 0.4) is 0 Å². The van der Waals surface area contributed by atoms with Crippen LogP contribution in [0.4, 0.5) is 0 Å². The molecule has 0 spiro atoms. The Hall–Kier alpha value is -2.81. The van der Waals surface area contributed by atoms with E-state index in [0.29, 0.717) is 17.1 Å². The number of hydrogen-bond acceptors (Lipinski definition) is 3. The second kappa shape index (κ2) is 7.84. The van der Waals surface area contributed by atoms with Gasteiger partial charge in [0.25, 0.3) is 0 Å². The molecule has 0 bridgehead atoms. The Balaban J connectivity index is 2.18. The maximum Gasteiger partial charge on any atom is 0.343 e. The van der Waals surface area contributed by atoms with Crippen molar-refractivity contribution in [2.24, 2.45) is 0 Å². The summed E-state index contributed by atoms with van der Waals surface area (Å²) in [4.78, 5) is 12.4. The van der Waals surface area contributed by atoms with Gasteiger partial charge in [0.2, 0.25) is 0 Å². The van der Waals surface area contributed by atoms with E-state index in [1.165, 1.54) is 0 Å². The lowest BCUT2D eigenvalue weighted by atomic mass is 10.0. The number of rotatable bonds is 7. The highest BCUT2D eigenvalue weighted by molar-refractivity contribution is 5.92. The minimum atomic E-state index is -0.425. The van der Waals surface area contributed by atoms with E-state index in [4.69, 9.17) is 9.47 Å². The largest absolute Gasteiger partial charge is 0.488 e. The first-order valence-electron chi connectivity index (χ1n) is 8.28. The standard InChI is InChI=1S/C22H24O3/c1-6-16-12-13-18(14-17(16)7-2)21(23)24-19-10-9-11-20(15-19)25-22(4,5)8-3/h6-7,9-15H,1-2,8H2,3-5H3. The summed E-state index contributed by atoms with van der Waals surface area (Å²) >= 11 is 0. The molecule has 0 radical (unpaired) electrons. The monoisotopic (exact) mass is 336 g/mol. The van der Waals surface area contributed by atoms with Gasteiger partial charge in [0.1, 0.15) is 17.1 Å². The molecule has 2 rings (SSSR count). The van der Waals surface area contributed by atoms with E-state index in [9.17, 15) is 4.79 Å². The molecule has 0 saturated carbocycles. The molecule has 130 valence electrons. The van der Waals surface area contributed by atoms with Crippen LogP contribution in [0.15, 0.2) is 55.6 Å². The molecule has 0 unspecified atom stereocenters. The Labute approximate surface area is 149 Å². The van der Waals surface area contributed by atoms with Gasteiger partial charge in [0, 0.05) is 6.07 Å². The predicted molar refractivity (Wildman–Crippen MR) is 103 cm³/mol. The molecule has 0 atom stereocenters. The van der Waals surface area contributed by atoms with Crippen molar-refractivity contribution >= 4 is 18.1 Å².